The summed E-state index contributed by atoms with van der Waals surface area (Å²) in [6, 6.07) is 3.41. The molecule has 0 saturated heterocycles. The number of nitrogens with one attached hydrogen (secondary N) is 1. The van der Waals surface area contributed by atoms with Gasteiger partial charge in [-0.3, -0.25) is 4.79 Å². The Labute approximate surface area is 128 Å². The molecule has 0 fully saturated rings. The summed E-state index contributed by atoms with van der Waals surface area (Å²) in [5.74, 6) is 0.236. The van der Waals surface area contributed by atoms with E-state index in [9.17, 15) is 4.79 Å². The van der Waals surface area contributed by atoms with Crippen molar-refractivity contribution in [3.8, 4) is 5.88 Å². The molecule has 2 aromatic heterocycles. The Morgan fingerprint density at radius 1 is 1.36 bits per heavy atom. The predicted molar refractivity (Wildman–Crippen MR) is 80.5 cm³/mol. The maximum Gasteiger partial charge on any atom is 0.258 e. The number of carbonyl (C=O) groups excluding carboxylic acids is 1. The Kier molecular flexibility index (Phi) is 4.62. The van der Waals surface area contributed by atoms with Gasteiger partial charge < -0.3 is 10.1 Å². The van der Waals surface area contributed by atoms with Crippen LogP contribution in [0.1, 0.15) is 32.1 Å². The second-order valence-corrected chi connectivity index (χ2v) is 5.30. The van der Waals surface area contributed by atoms with Crippen molar-refractivity contribution in [2.24, 2.45) is 0 Å². The van der Waals surface area contributed by atoms with E-state index in [1.165, 1.54) is 35.7 Å². The van der Waals surface area contributed by atoms with Crippen molar-refractivity contribution in [2.45, 2.75) is 32.1 Å². The van der Waals surface area contributed by atoms with E-state index in [-0.39, 0.29) is 12.5 Å². The summed E-state index contributed by atoms with van der Waals surface area (Å²) in [7, 11) is 0. The van der Waals surface area contributed by atoms with Gasteiger partial charge in [0.15, 0.2) is 12.3 Å². The lowest BCUT2D eigenvalue weighted by molar-refractivity contribution is -0.123. The number of allylic oxidation sites excluding steroid dienone is 1. The lowest BCUT2D eigenvalue weighted by Crippen LogP contribution is -2.30. The van der Waals surface area contributed by atoms with Crippen LogP contribution in [0.3, 0.4) is 0 Å². The molecular weight excluding hydrogens is 282 g/mol. The molecule has 0 aliphatic heterocycles. The average Bonchev–Trinajstić information content (AvgIpc) is 3.01. The molecule has 116 valence electrons. The molecule has 0 radical (unpaired) electrons. The van der Waals surface area contributed by atoms with Crippen LogP contribution in [-0.4, -0.2) is 38.9 Å². The zero-order chi connectivity index (χ0) is 15.2. The third-order valence-corrected chi connectivity index (χ3v) is 3.64. The topological polar surface area (TPSA) is 81.4 Å². The van der Waals surface area contributed by atoms with Crippen molar-refractivity contribution in [2.75, 3.05) is 13.2 Å². The van der Waals surface area contributed by atoms with E-state index in [1.54, 1.807) is 12.1 Å². The third kappa shape index (κ3) is 3.81. The molecule has 3 rings (SSSR count). The van der Waals surface area contributed by atoms with Crippen LogP contribution in [-0.2, 0) is 4.79 Å². The van der Waals surface area contributed by atoms with Crippen LogP contribution in [0.2, 0.25) is 0 Å². The number of carbonyl (C=O) groups is 1. The lowest BCUT2D eigenvalue weighted by Gasteiger charge is -2.13. The molecule has 0 bridgehead atoms. The van der Waals surface area contributed by atoms with Gasteiger partial charge in [-0.05, 0) is 38.2 Å². The SMILES string of the molecule is O=C(COc1ccc2nncn2n1)NCCC1=CCCCC1. The second kappa shape index (κ2) is 7.02. The summed E-state index contributed by atoms with van der Waals surface area (Å²) >= 11 is 0. The van der Waals surface area contributed by atoms with Gasteiger partial charge in [0.1, 0.15) is 6.33 Å². The van der Waals surface area contributed by atoms with E-state index in [4.69, 9.17) is 4.74 Å². The average molecular weight is 301 g/mol. The Morgan fingerprint density at radius 2 is 2.32 bits per heavy atom. The van der Waals surface area contributed by atoms with E-state index in [0.29, 0.717) is 18.1 Å². The summed E-state index contributed by atoms with van der Waals surface area (Å²) < 4.78 is 6.88. The van der Waals surface area contributed by atoms with E-state index in [0.717, 1.165) is 12.8 Å². The van der Waals surface area contributed by atoms with Gasteiger partial charge in [-0.2, -0.15) is 4.52 Å². The number of fused-ring (bicyclic) bond motifs is 1. The smallest absolute Gasteiger partial charge is 0.258 e. The second-order valence-electron chi connectivity index (χ2n) is 5.30. The van der Waals surface area contributed by atoms with Crippen LogP contribution in [0.4, 0.5) is 0 Å². The van der Waals surface area contributed by atoms with Gasteiger partial charge in [-0.25, -0.2) is 0 Å². The van der Waals surface area contributed by atoms with E-state index >= 15 is 0 Å². The van der Waals surface area contributed by atoms with Crippen LogP contribution in [0.15, 0.2) is 30.1 Å². The van der Waals surface area contributed by atoms with Crippen LogP contribution < -0.4 is 10.1 Å². The summed E-state index contributed by atoms with van der Waals surface area (Å²) in [5.41, 5.74) is 2.09. The highest BCUT2D eigenvalue weighted by Gasteiger charge is 2.07. The predicted octanol–water partition coefficient (Wildman–Crippen LogP) is 1.51. The largest absolute Gasteiger partial charge is 0.467 e. The highest BCUT2D eigenvalue weighted by atomic mass is 16.5. The molecular formula is C15H19N5O2. The number of hydrogen-bond acceptors (Lipinski definition) is 5. The molecule has 1 aliphatic rings. The Hall–Kier alpha value is -2.44. The Balaban J connectivity index is 1.40. The monoisotopic (exact) mass is 301 g/mol. The van der Waals surface area contributed by atoms with Gasteiger partial charge in [0.2, 0.25) is 5.88 Å². The van der Waals surface area contributed by atoms with Crippen molar-refractivity contribution in [1.29, 1.82) is 0 Å². The molecule has 2 heterocycles. The molecule has 1 amide bonds. The summed E-state index contributed by atoms with van der Waals surface area (Å²) in [5, 5.41) is 14.6. The summed E-state index contributed by atoms with van der Waals surface area (Å²) in [4.78, 5) is 11.8. The molecule has 0 saturated carbocycles. The quantitative estimate of drug-likeness (QED) is 0.818. The number of nitrogens with zero attached hydrogens (tertiary/aromatic N) is 4. The first-order valence-corrected chi connectivity index (χ1v) is 7.56. The standard InChI is InChI=1S/C15H19N5O2/c21-14(16-9-8-12-4-2-1-3-5-12)10-22-15-7-6-13-18-17-11-20(13)19-15/h4,6-7,11H,1-3,5,8-10H2,(H,16,21). The molecule has 7 nitrogen and oxygen atoms in total. The summed E-state index contributed by atoms with van der Waals surface area (Å²) in [6.45, 7) is 0.617. The maximum atomic E-state index is 11.8. The van der Waals surface area contributed by atoms with Gasteiger partial charge in [0.05, 0.1) is 0 Å². The first-order chi connectivity index (χ1) is 10.8. The molecule has 0 spiro atoms. The molecule has 2 aromatic rings. The molecule has 22 heavy (non-hydrogen) atoms. The number of hydrogen-bond donors (Lipinski definition) is 1. The minimum atomic E-state index is -0.137. The van der Waals surface area contributed by atoms with Crippen molar-refractivity contribution in [1.82, 2.24) is 25.1 Å². The third-order valence-electron chi connectivity index (χ3n) is 3.64. The van der Waals surface area contributed by atoms with Gasteiger partial charge in [0.25, 0.3) is 5.91 Å². The van der Waals surface area contributed by atoms with Crippen molar-refractivity contribution in [3.63, 3.8) is 0 Å². The van der Waals surface area contributed by atoms with Crippen molar-refractivity contribution >= 4 is 11.6 Å². The van der Waals surface area contributed by atoms with E-state index in [1.807, 2.05) is 0 Å². The highest BCUT2D eigenvalue weighted by molar-refractivity contribution is 5.77. The minimum Gasteiger partial charge on any atom is -0.467 e. The number of ether oxygens (including phenoxy) is 1. The first-order valence-electron chi connectivity index (χ1n) is 7.56. The molecule has 0 atom stereocenters. The normalized spacial score (nSPS) is 14.6. The molecule has 1 aliphatic carbocycles. The number of aromatic nitrogens is 4. The Morgan fingerprint density at radius 3 is 3.18 bits per heavy atom. The Bertz CT molecular complexity index is 679. The van der Waals surface area contributed by atoms with E-state index < -0.39 is 0 Å². The van der Waals surface area contributed by atoms with Crippen LogP contribution in [0.25, 0.3) is 5.65 Å². The van der Waals surface area contributed by atoms with Crippen molar-refractivity contribution < 1.29 is 9.53 Å². The van der Waals surface area contributed by atoms with Gasteiger partial charge in [-0.15, -0.1) is 15.3 Å². The van der Waals surface area contributed by atoms with Crippen molar-refractivity contribution in [3.05, 3.63) is 30.1 Å². The lowest BCUT2D eigenvalue weighted by atomic mass is 9.97. The first kappa shape index (κ1) is 14.5. The molecule has 0 aromatic carbocycles. The number of amides is 1. The van der Waals surface area contributed by atoms with Gasteiger partial charge >= 0.3 is 0 Å². The minimum absolute atomic E-state index is 0.0420. The maximum absolute atomic E-state index is 11.8. The molecule has 1 N–H and O–H groups in total. The van der Waals surface area contributed by atoms with Crippen LogP contribution in [0.5, 0.6) is 5.88 Å². The fourth-order valence-electron chi connectivity index (χ4n) is 2.47. The zero-order valence-electron chi connectivity index (χ0n) is 12.4. The van der Waals surface area contributed by atoms with Gasteiger partial charge in [0, 0.05) is 12.6 Å². The number of rotatable bonds is 6. The summed E-state index contributed by atoms with van der Waals surface area (Å²) in [6.07, 6.45) is 9.59. The fourth-order valence-corrected chi connectivity index (χ4v) is 2.47. The van der Waals surface area contributed by atoms with E-state index in [2.05, 4.69) is 26.7 Å². The zero-order valence-corrected chi connectivity index (χ0v) is 12.4. The fraction of sp³-hybridized carbons (Fsp3) is 0.467. The van der Waals surface area contributed by atoms with Crippen LogP contribution >= 0.6 is 0 Å². The van der Waals surface area contributed by atoms with Crippen LogP contribution in [0, 0.1) is 0 Å². The molecule has 7 heteroatoms. The van der Waals surface area contributed by atoms with Gasteiger partial charge in [-0.1, -0.05) is 11.6 Å². The molecule has 0 unspecified atom stereocenters. The highest BCUT2D eigenvalue weighted by Crippen LogP contribution is 2.19.